The summed E-state index contributed by atoms with van der Waals surface area (Å²) in [5.41, 5.74) is 1.31. The van der Waals surface area contributed by atoms with Crippen molar-refractivity contribution in [2.24, 2.45) is 0 Å². The first kappa shape index (κ1) is 16.0. The lowest BCUT2D eigenvalue weighted by atomic mass is 9.93. The molecule has 0 atom stereocenters. The van der Waals surface area contributed by atoms with Crippen LogP contribution in [0, 0.1) is 11.3 Å². The molecule has 22 heavy (non-hydrogen) atoms. The average molecular weight is 300 g/mol. The number of anilines is 1. The summed E-state index contributed by atoms with van der Waals surface area (Å²) >= 11 is 0. The summed E-state index contributed by atoms with van der Waals surface area (Å²) in [5, 5.41) is 8.88. The zero-order valence-electron chi connectivity index (χ0n) is 12.7. The summed E-state index contributed by atoms with van der Waals surface area (Å²) in [6.45, 7) is 1.05. The fourth-order valence-corrected chi connectivity index (χ4v) is 2.83. The van der Waals surface area contributed by atoms with E-state index in [0.717, 1.165) is 31.4 Å². The van der Waals surface area contributed by atoms with Gasteiger partial charge in [-0.2, -0.15) is 5.26 Å². The highest BCUT2D eigenvalue weighted by Crippen LogP contribution is 2.27. The van der Waals surface area contributed by atoms with Crippen molar-refractivity contribution in [1.29, 1.82) is 5.26 Å². The maximum atomic E-state index is 12.5. The Balaban J connectivity index is 2.21. The topological polar surface area (TPSA) is 70.4 Å². The Labute approximate surface area is 130 Å². The second kappa shape index (κ2) is 7.60. The van der Waals surface area contributed by atoms with Gasteiger partial charge >= 0.3 is 5.97 Å². The molecular formula is C17H20N2O3. The van der Waals surface area contributed by atoms with Crippen LogP contribution < -0.4 is 4.90 Å². The number of ether oxygens (including phenoxy) is 1. The van der Waals surface area contributed by atoms with Crippen LogP contribution in [-0.2, 0) is 14.3 Å². The molecule has 0 bridgehead atoms. The van der Waals surface area contributed by atoms with Crippen LogP contribution in [0.15, 0.2) is 24.3 Å². The molecule has 1 amide bonds. The fourth-order valence-electron chi connectivity index (χ4n) is 2.83. The van der Waals surface area contributed by atoms with Crippen molar-refractivity contribution in [3.05, 3.63) is 29.8 Å². The second-order valence-corrected chi connectivity index (χ2v) is 5.49. The van der Waals surface area contributed by atoms with E-state index in [-0.39, 0.29) is 18.6 Å². The van der Waals surface area contributed by atoms with E-state index in [1.165, 1.54) is 13.3 Å². The van der Waals surface area contributed by atoms with Gasteiger partial charge in [-0.05, 0) is 37.1 Å². The van der Waals surface area contributed by atoms with Gasteiger partial charge in [-0.3, -0.25) is 9.59 Å². The number of nitriles is 1. The summed E-state index contributed by atoms with van der Waals surface area (Å²) in [5.74, 6) is -0.677. The molecule has 0 N–H and O–H groups in total. The van der Waals surface area contributed by atoms with Gasteiger partial charge in [-0.1, -0.05) is 19.3 Å². The van der Waals surface area contributed by atoms with Crippen LogP contribution in [-0.4, -0.2) is 24.5 Å². The highest BCUT2D eigenvalue weighted by molar-refractivity contribution is 5.95. The van der Waals surface area contributed by atoms with E-state index in [1.807, 2.05) is 0 Å². The predicted molar refractivity (Wildman–Crippen MR) is 82.1 cm³/mol. The highest BCUT2D eigenvalue weighted by Gasteiger charge is 2.27. The highest BCUT2D eigenvalue weighted by atomic mass is 16.5. The van der Waals surface area contributed by atoms with Crippen LogP contribution in [0.3, 0.4) is 0 Å². The van der Waals surface area contributed by atoms with Gasteiger partial charge in [0.1, 0.15) is 0 Å². The summed E-state index contributed by atoms with van der Waals surface area (Å²) in [7, 11) is 0. The molecule has 0 radical (unpaired) electrons. The van der Waals surface area contributed by atoms with Crippen molar-refractivity contribution >= 4 is 17.6 Å². The lowest BCUT2D eigenvalue weighted by molar-refractivity contribution is -0.145. The first-order valence-corrected chi connectivity index (χ1v) is 7.57. The standard InChI is InChI=1S/C17H20N2O3/c1-13(20)22-12-17(21)19(15-5-3-2-4-6-15)16-9-7-14(11-18)8-10-16/h7-10,15H,2-6,12H2,1H3. The van der Waals surface area contributed by atoms with Gasteiger partial charge in [0.05, 0.1) is 11.6 Å². The number of hydrogen-bond donors (Lipinski definition) is 0. The van der Waals surface area contributed by atoms with Gasteiger partial charge in [-0.25, -0.2) is 0 Å². The summed E-state index contributed by atoms with van der Waals surface area (Å²) in [6.07, 6.45) is 5.28. The monoisotopic (exact) mass is 300 g/mol. The van der Waals surface area contributed by atoms with E-state index in [4.69, 9.17) is 10.00 Å². The summed E-state index contributed by atoms with van der Waals surface area (Å²) in [6, 6.07) is 9.15. The Morgan fingerprint density at radius 3 is 2.41 bits per heavy atom. The van der Waals surface area contributed by atoms with Gasteiger partial charge < -0.3 is 9.64 Å². The molecule has 0 aromatic heterocycles. The lowest BCUT2D eigenvalue weighted by Crippen LogP contribution is -2.43. The van der Waals surface area contributed by atoms with Crippen molar-refractivity contribution < 1.29 is 14.3 Å². The van der Waals surface area contributed by atoms with Crippen molar-refractivity contribution in [3.63, 3.8) is 0 Å². The first-order valence-electron chi connectivity index (χ1n) is 7.57. The Bertz CT molecular complexity index is 569. The predicted octanol–water partition coefficient (Wildman–Crippen LogP) is 2.79. The van der Waals surface area contributed by atoms with Crippen LogP contribution in [0.25, 0.3) is 0 Å². The van der Waals surface area contributed by atoms with E-state index < -0.39 is 5.97 Å². The maximum Gasteiger partial charge on any atom is 0.303 e. The normalized spacial score (nSPS) is 14.9. The van der Waals surface area contributed by atoms with Crippen LogP contribution in [0.4, 0.5) is 5.69 Å². The third-order valence-corrected chi connectivity index (χ3v) is 3.88. The van der Waals surface area contributed by atoms with Gasteiger partial charge in [0, 0.05) is 18.7 Å². The van der Waals surface area contributed by atoms with Crippen molar-refractivity contribution in [3.8, 4) is 6.07 Å². The molecule has 2 rings (SSSR count). The Hall–Kier alpha value is -2.35. The maximum absolute atomic E-state index is 12.5. The number of carbonyl (C=O) groups is 2. The Morgan fingerprint density at radius 1 is 1.23 bits per heavy atom. The SMILES string of the molecule is CC(=O)OCC(=O)N(c1ccc(C#N)cc1)C1CCCCC1. The largest absolute Gasteiger partial charge is 0.456 e. The zero-order valence-corrected chi connectivity index (χ0v) is 12.7. The molecule has 0 heterocycles. The van der Waals surface area contributed by atoms with Crippen molar-refractivity contribution in [2.45, 2.75) is 45.1 Å². The number of carbonyl (C=O) groups excluding carboxylic acids is 2. The molecule has 1 aliphatic carbocycles. The van der Waals surface area contributed by atoms with Crippen molar-refractivity contribution in [2.75, 3.05) is 11.5 Å². The van der Waals surface area contributed by atoms with Crippen molar-refractivity contribution in [1.82, 2.24) is 0 Å². The van der Waals surface area contributed by atoms with E-state index >= 15 is 0 Å². The minimum absolute atomic E-state index is 0.129. The molecule has 5 heteroatoms. The molecule has 1 saturated carbocycles. The number of hydrogen-bond acceptors (Lipinski definition) is 4. The molecule has 0 spiro atoms. The summed E-state index contributed by atoms with van der Waals surface area (Å²) in [4.78, 5) is 25.1. The minimum atomic E-state index is -0.461. The van der Waals surface area contributed by atoms with Crippen LogP contribution in [0.2, 0.25) is 0 Å². The Morgan fingerprint density at radius 2 is 1.86 bits per heavy atom. The van der Waals surface area contributed by atoms with Gasteiger partial charge in [0.25, 0.3) is 5.91 Å². The summed E-state index contributed by atoms with van der Waals surface area (Å²) < 4.78 is 4.86. The molecule has 116 valence electrons. The van der Waals surface area contributed by atoms with Gasteiger partial charge in [-0.15, -0.1) is 0 Å². The minimum Gasteiger partial charge on any atom is -0.456 e. The van der Waals surface area contributed by atoms with Crippen LogP contribution in [0.5, 0.6) is 0 Å². The van der Waals surface area contributed by atoms with Gasteiger partial charge in [0.2, 0.25) is 0 Å². The van der Waals surface area contributed by atoms with Crippen LogP contribution in [0.1, 0.15) is 44.6 Å². The first-order chi connectivity index (χ1) is 10.6. The average Bonchev–Trinajstić information content (AvgIpc) is 2.55. The van der Waals surface area contributed by atoms with E-state index in [0.29, 0.717) is 5.56 Å². The number of esters is 1. The quantitative estimate of drug-likeness (QED) is 0.802. The molecule has 0 unspecified atom stereocenters. The molecule has 0 aliphatic heterocycles. The third-order valence-electron chi connectivity index (χ3n) is 3.88. The lowest BCUT2D eigenvalue weighted by Gasteiger charge is -2.34. The molecule has 1 aliphatic rings. The number of benzene rings is 1. The molecule has 1 aromatic rings. The van der Waals surface area contributed by atoms with E-state index in [1.54, 1.807) is 29.2 Å². The smallest absolute Gasteiger partial charge is 0.303 e. The number of rotatable bonds is 4. The molecular weight excluding hydrogens is 280 g/mol. The molecule has 5 nitrogen and oxygen atoms in total. The Kier molecular flexibility index (Phi) is 5.54. The van der Waals surface area contributed by atoms with E-state index in [9.17, 15) is 9.59 Å². The van der Waals surface area contributed by atoms with Crippen LogP contribution >= 0.6 is 0 Å². The zero-order chi connectivity index (χ0) is 15.9. The number of amides is 1. The van der Waals surface area contributed by atoms with E-state index in [2.05, 4.69) is 6.07 Å². The molecule has 1 aromatic carbocycles. The second-order valence-electron chi connectivity index (χ2n) is 5.49. The van der Waals surface area contributed by atoms with Gasteiger partial charge in [0.15, 0.2) is 6.61 Å². The number of nitrogens with zero attached hydrogens (tertiary/aromatic N) is 2. The molecule has 0 saturated heterocycles. The third kappa shape index (κ3) is 4.08. The molecule has 1 fully saturated rings. The fraction of sp³-hybridized carbons (Fsp3) is 0.471.